The molecule has 0 aromatic carbocycles. The molecule has 2 atom stereocenters. The first kappa shape index (κ1) is 8.86. The van der Waals surface area contributed by atoms with E-state index >= 15 is 0 Å². The highest BCUT2D eigenvalue weighted by atomic mass is 16.2. The Morgan fingerprint density at radius 3 is 2.58 bits per heavy atom. The van der Waals surface area contributed by atoms with E-state index in [1.165, 1.54) is 6.92 Å². The van der Waals surface area contributed by atoms with E-state index in [-0.39, 0.29) is 11.7 Å². The van der Waals surface area contributed by atoms with Crippen molar-refractivity contribution >= 4 is 17.6 Å². The molecule has 0 saturated carbocycles. The number of hydrogen-bond acceptors (Lipinski definition) is 3. The number of hydrogen-bond donors (Lipinski definition) is 2. The number of amidine groups is 1. The van der Waals surface area contributed by atoms with Gasteiger partial charge in [0.25, 0.3) is 5.91 Å². The molecule has 2 unspecified atom stereocenters. The molecule has 2 amide bonds. The molecule has 5 heteroatoms. The van der Waals surface area contributed by atoms with E-state index in [9.17, 15) is 9.59 Å². The zero-order chi connectivity index (χ0) is 9.30. The highest BCUT2D eigenvalue weighted by Crippen LogP contribution is 2.04. The lowest BCUT2D eigenvalue weighted by Gasteiger charge is -2.18. The van der Waals surface area contributed by atoms with Gasteiger partial charge in [0.05, 0.1) is 6.04 Å². The topological polar surface area (TPSA) is 84.5 Å². The molecule has 1 heterocycles. The number of carbonyl (C=O) groups is 2. The largest absolute Gasteiger partial charge is 0.322 e. The summed E-state index contributed by atoms with van der Waals surface area (Å²) in [5.41, 5.74) is 5.44. The van der Waals surface area contributed by atoms with Gasteiger partial charge in [-0.3, -0.25) is 9.59 Å². The maximum atomic E-state index is 11.1. The molecule has 3 N–H and O–H groups in total. The fraction of sp³-hybridized carbons (Fsp3) is 0.571. The van der Waals surface area contributed by atoms with Crippen molar-refractivity contribution in [2.75, 3.05) is 0 Å². The van der Waals surface area contributed by atoms with E-state index < -0.39 is 17.9 Å². The average Bonchev–Trinajstić information content (AvgIpc) is 1.99. The summed E-state index contributed by atoms with van der Waals surface area (Å²) in [6.45, 7) is 3.17. The molecule has 0 saturated heterocycles. The summed E-state index contributed by atoms with van der Waals surface area (Å²) >= 11 is 0. The quantitative estimate of drug-likeness (QED) is 0.495. The SMILES string of the molecule is CC(N)C1=NC(=O)C(C)C(=O)N1. The number of aliphatic imine (C=N–C) groups is 1. The van der Waals surface area contributed by atoms with E-state index in [2.05, 4.69) is 10.3 Å². The van der Waals surface area contributed by atoms with Gasteiger partial charge in [-0.15, -0.1) is 0 Å². The molecule has 12 heavy (non-hydrogen) atoms. The van der Waals surface area contributed by atoms with Crippen LogP contribution in [-0.2, 0) is 9.59 Å². The predicted molar refractivity (Wildman–Crippen MR) is 43.4 cm³/mol. The van der Waals surface area contributed by atoms with Crippen LogP contribution in [-0.4, -0.2) is 23.7 Å². The van der Waals surface area contributed by atoms with Gasteiger partial charge in [-0.1, -0.05) is 0 Å². The summed E-state index contributed by atoms with van der Waals surface area (Å²) < 4.78 is 0. The van der Waals surface area contributed by atoms with E-state index in [4.69, 9.17) is 5.73 Å². The minimum absolute atomic E-state index is 0.253. The van der Waals surface area contributed by atoms with Crippen LogP contribution in [0.25, 0.3) is 0 Å². The van der Waals surface area contributed by atoms with Gasteiger partial charge in [0.1, 0.15) is 11.8 Å². The summed E-state index contributed by atoms with van der Waals surface area (Å²) in [5, 5.41) is 2.46. The molecule has 0 spiro atoms. The van der Waals surface area contributed by atoms with Crippen LogP contribution in [0.3, 0.4) is 0 Å². The summed E-state index contributed by atoms with van der Waals surface area (Å²) in [7, 11) is 0. The monoisotopic (exact) mass is 169 g/mol. The molecule has 0 aliphatic carbocycles. The van der Waals surface area contributed by atoms with Crippen LogP contribution >= 0.6 is 0 Å². The number of nitrogens with one attached hydrogen (secondary N) is 1. The second-order valence-electron chi connectivity index (χ2n) is 2.83. The van der Waals surface area contributed by atoms with Crippen LogP contribution in [0.5, 0.6) is 0 Å². The van der Waals surface area contributed by atoms with Crippen molar-refractivity contribution in [1.82, 2.24) is 5.32 Å². The van der Waals surface area contributed by atoms with Crippen molar-refractivity contribution in [3.8, 4) is 0 Å². The van der Waals surface area contributed by atoms with Crippen LogP contribution < -0.4 is 11.1 Å². The number of nitrogens with zero attached hydrogens (tertiary/aromatic N) is 1. The first-order valence-electron chi connectivity index (χ1n) is 3.71. The molecule has 66 valence electrons. The predicted octanol–water partition coefficient (Wildman–Crippen LogP) is -0.975. The fourth-order valence-corrected chi connectivity index (χ4v) is 0.806. The van der Waals surface area contributed by atoms with Crippen LogP contribution in [0.15, 0.2) is 4.99 Å². The van der Waals surface area contributed by atoms with Gasteiger partial charge in [-0.05, 0) is 13.8 Å². The second-order valence-corrected chi connectivity index (χ2v) is 2.83. The van der Waals surface area contributed by atoms with Crippen LogP contribution in [0.1, 0.15) is 13.8 Å². The first-order valence-corrected chi connectivity index (χ1v) is 3.71. The van der Waals surface area contributed by atoms with Crippen LogP contribution in [0.2, 0.25) is 0 Å². The maximum absolute atomic E-state index is 11.1. The molecule has 1 aliphatic heterocycles. The molecule has 0 radical (unpaired) electrons. The summed E-state index contributed by atoms with van der Waals surface area (Å²) in [4.78, 5) is 25.7. The normalized spacial score (nSPS) is 26.2. The summed E-state index contributed by atoms with van der Waals surface area (Å²) in [5.74, 6) is -1.19. The molecule has 0 aromatic rings. The Balaban J connectivity index is 2.89. The smallest absolute Gasteiger partial charge is 0.259 e. The average molecular weight is 169 g/mol. The molecule has 0 aromatic heterocycles. The van der Waals surface area contributed by atoms with Crippen molar-refractivity contribution in [1.29, 1.82) is 0 Å². The lowest BCUT2D eigenvalue weighted by atomic mass is 10.1. The third-order valence-corrected chi connectivity index (χ3v) is 1.68. The van der Waals surface area contributed by atoms with Gasteiger partial charge >= 0.3 is 0 Å². The third kappa shape index (κ3) is 1.50. The highest BCUT2D eigenvalue weighted by Gasteiger charge is 2.28. The Morgan fingerprint density at radius 2 is 2.17 bits per heavy atom. The molecule has 0 bridgehead atoms. The number of carbonyl (C=O) groups excluding carboxylic acids is 2. The van der Waals surface area contributed by atoms with Crippen LogP contribution in [0, 0.1) is 5.92 Å². The maximum Gasteiger partial charge on any atom is 0.259 e. The zero-order valence-electron chi connectivity index (χ0n) is 7.00. The van der Waals surface area contributed by atoms with Gasteiger partial charge < -0.3 is 11.1 Å². The molecular formula is C7H11N3O2. The van der Waals surface area contributed by atoms with Gasteiger partial charge in [-0.25, -0.2) is 0 Å². The van der Waals surface area contributed by atoms with Crippen LogP contribution in [0.4, 0.5) is 0 Å². The third-order valence-electron chi connectivity index (χ3n) is 1.68. The molecule has 1 aliphatic rings. The van der Waals surface area contributed by atoms with E-state index in [0.29, 0.717) is 0 Å². The van der Waals surface area contributed by atoms with Crippen molar-refractivity contribution in [2.24, 2.45) is 16.6 Å². The van der Waals surface area contributed by atoms with Crippen molar-refractivity contribution in [3.05, 3.63) is 0 Å². The van der Waals surface area contributed by atoms with E-state index in [1.807, 2.05) is 0 Å². The second kappa shape index (κ2) is 3.02. The number of nitrogens with two attached hydrogens (primary N) is 1. The zero-order valence-corrected chi connectivity index (χ0v) is 7.00. The van der Waals surface area contributed by atoms with Gasteiger partial charge in [0, 0.05) is 0 Å². The Morgan fingerprint density at radius 1 is 1.58 bits per heavy atom. The Labute approximate surface area is 70.0 Å². The van der Waals surface area contributed by atoms with E-state index in [0.717, 1.165) is 0 Å². The van der Waals surface area contributed by atoms with Crippen molar-refractivity contribution < 1.29 is 9.59 Å². The highest BCUT2D eigenvalue weighted by molar-refractivity contribution is 6.16. The summed E-state index contributed by atoms with van der Waals surface area (Å²) in [6, 6.07) is -0.412. The fourth-order valence-electron chi connectivity index (χ4n) is 0.806. The van der Waals surface area contributed by atoms with E-state index in [1.54, 1.807) is 6.92 Å². The van der Waals surface area contributed by atoms with Gasteiger partial charge in [-0.2, -0.15) is 4.99 Å². The minimum atomic E-state index is -0.688. The molecule has 1 rings (SSSR count). The number of rotatable bonds is 1. The Kier molecular flexibility index (Phi) is 2.23. The van der Waals surface area contributed by atoms with Crippen molar-refractivity contribution in [3.63, 3.8) is 0 Å². The number of amides is 2. The molecule has 5 nitrogen and oxygen atoms in total. The Bertz CT molecular complexity index is 257. The standard InChI is InChI=1S/C7H11N3O2/c1-3-6(11)9-5(4(2)8)10-7(3)12/h3-4H,8H2,1-2H3,(H,9,10,11,12). The van der Waals surface area contributed by atoms with Crippen molar-refractivity contribution in [2.45, 2.75) is 19.9 Å². The molecule has 0 fully saturated rings. The summed E-state index contributed by atoms with van der Waals surface area (Å²) in [6.07, 6.45) is 0. The van der Waals surface area contributed by atoms with Gasteiger partial charge in [0.2, 0.25) is 5.91 Å². The first-order chi connectivity index (χ1) is 5.52. The lowest BCUT2D eigenvalue weighted by molar-refractivity contribution is -0.132. The lowest BCUT2D eigenvalue weighted by Crippen LogP contribution is -2.49. The molecular weight excluding hydrogens is 158 g/mol. The van der Waals surface area contributed by atoms with Gasteiger partial charge in [0.15, 0.2) is 0 Å². The minimum Gasteiger partial charge on any atom is -0.322 e. The Hall–Kier alpha value is -1.23.